The first kappa shape index (κ1) is 21.2. The lowest BCUT2D eigenvalue weighted by molar-refractivity contribution is 0.319. The van der Waals surface area contributed by atoms with Crippen molar-refractivity contribution in [3.8, 4) is 0 Å². The van der Waals surface area contributed by atoms with Crippen LogP contribution in [0.2, 0.25) is 0 Å². The molecule has 1 aromatic carbocycles. The Morgan fingerprint density at radius 3 is 2.87 bits per heavy atom. The van der Waals surface area contributed by atoms with Crippen LogP contribution in [0.5, 0.6) is 0 Å². The van der Waals surface area contributed by atoms with Crippen molar-refractivity contribution in [3.05, 3.63) is 47.2 Å². The maximum absolute atomic E-state index is 13.2. The smallest absolute Gasteiger partial charge is 0.222 e. The Hall–Kier alpha value is -2.00. The zero-order valence-corrected chi connectivity index (χ0v) is 18.3. The van der Waals surface area contributed by atoms with Gasteiger partial charge >= 0.3 is 0 Å². The molecular weight excluding hydrogens is 400 g/mol. The third kappa shape index (κ3) is 4.23. The second-order valence-electron chi connectivity index (χ2n) is 8.38. The summed E-state index contributed by atoms with van der Waals surface area (Å²) in [4.78, 5) is 2.55. The molecule has 0 amide bonds. The van der Waals surface area contributed by atoms with Gasteiger partial charge in [-0.05, 0) is 68.3 Å². The van der Waals surface area contributed by atoms with Crippen LogP contribution >= 0.6 is 11.8 Å². The van der Waals surface area contributed by atoms with Gasteiger partial charge in [-0.15, -0.1) is 10.2 Å². The van der Waals surface area contributed by atoms with E-state index in [0.29, 0.717) is 22.9 Å². The number of benzene rings is 1. The Bertz CT molecular complexity index is 934. The summed E-state index contributed by atoms with van der Waals surface area (Å²) < 4.78 is 15.0. The van der Waals surface area contributed by atoms with Crippen LogP contribution in [-0.2, 0) is 7.05 Å². The Kier molecular flexibility index (Phi) is 6.11. The molecule has 1 aromatic heterocycles. The highest BCUT2D eigenvalue weighted by molar-refractivity contribution is 7.99. The summed E-state index contributed by atoms with van der Waals surface area (Å²) in [5.41, 5.74) is 2.13. The molecule has 0 bridgehead atoms. The molecule has 6 nitrogen and oxygen atoms in total. The Labute approximate surface area is 182 Å². The number of nitrogens with zero attached hydrogens (tertiary/aromatic N) is 4. The fourth-order valence-corrected chi connectivity index (χ4v) is 5.31. The fourth-order valence-electron chi connectivity index (χ4n) is 4.47. The third-order valence-electron chi connectivity index (χ3n) is 6.39. The maximum atomic E-state index is 13.2. The summed E-state index contributed by atoms with van der Waals surface area (Å²) in [6.45, 7) is 5.02. The van der Waals surface area contributed by atoms with Crippen molar-refractivity contribution in [1.82, 2.24) is 24.9 Å². The van der Waals surface area contributed by atoms with Gasteiger partial charge in [-0.25, -0.2) is 4.39 Å². The van der Waals surface area contributed by atoms with Crippen molar-refractivity contribution < 1.29 is 9.50 Å². The van der Waals surface area contributed by atoms with Crippen LogP contribution in [0.1, 0.15) is 43.5 Å². The minimum atomic E-state index is -0.161. The first-order valence-electron chi connectivity index (χ1n) is 10.3. The first-order valence-corrected chi connectivity index (χ1v) is 11.3. The van der Waals surface area contributed by atoms with Crippen LogP contribution < -0.4 is 5.23 Å². The second-order valence-corrected chi connectivity index (χ2v) is 9.44. The molecule has 2 aliphatic rings. The fraction of sp³-hybridized carbons (Fsp3) is 0.524. The minimum absolute atomic E-state index is 0.00172. The van der Waals surface area contributed by atoms with E-state index in [1.807, 2.05) is 19.2 Å². The highest BCUT2D eigenvalue weighted by atomic mass is 32.2. The van der Waals surface area contributed by atoms with Gasteiger partial charge in [0.05, 0.1) is 0 Å². The lowest BCUT2D eigenvalue weighted by atomic mass is 9.98. The molecule has 1 aliphatic heterocycles. The summed E-state index contributed by atoms with van der Waals surface area (Å²) in [6.07, 6.45) is 3.52. The minimum Gasteiger partial charge on any atom is -0.503 e. The van der Waals surface area contributed by atoms with E-state index in [-0.39, 0.29) is 11.6 Å². The number of aliphatic hydroxyl groups excluding tert-OH is 1. The van der Waals surface area contributed by atoms with Crippen LogP contribution in [-0.4, -0.2) is 58.1 Å². The van der Waals surface area contributed by atoms with Crippen molar-refractivity contribution in [2.45, 2.75) is 37.3 Å². The molecule has 2 heterocycles. The predicted octanol–water partition coefficient (Wildman–Crippen LogP) is 3.24. The number of nitrogens with one attached hydrogen (secondary N) is 1. The van der Waals surface area contributed by atoms with Gasteiger partial charge in [0, 0.05) is 25.0 Å². The van der Waals surface area contributed by atoms with Crippen LogP contribution in [0.15, 0.2) is 35.1 Å². The lowest BCUT2D eigenvalue weighted by Crippen LogP contribution is -2.23. The number of rotatable bonds is 8. The van der Waals surface area contributed by atoms with Gasteiger partial charge in [-0.3, -0.25) is 0 Å². The second kappa shape index (κ2) is 8.63. The van der Waals surface area contributed by atoms with Crippen molar-refractivity contribution >= 4 is 25.5 Å². The lowest BCUT2D eigenvalue weighted by Gasteiger charge is -2.16. The summed E-state index contributed by atoms with van der Waals surface area (Å²) >= 11 is 1.64. The molecule has 1 spiro atoms. The molecule has 0 unspecified atom stereocenters. The summed E-state index contributed by atoms with van der Waals surface area (Å²) in [5, 5.41) is 21.6. The van der Waals surface area contributed by atoms with Gasteiger partial charge in [0.15, 0.2) is 10.9 Å². The largest absolute Gasteiger partial charge is 0.503 e. The molecule has 1 saturated carbocycles. The van der Waals surface area contributed by atoms with E-state index >= 15 is 0 Å². The van der Waals surface area contributed by atoms with Crippen LogP contribution in [0, 0.1) is 11.2 Å². The third-order valence-corrected chi connectivity index (χ3v) is 7.50. The van der Waals surface area contributed by atoms with Gasteiger partial charge in [-0.1, -0.05) is 23.9 Å². The van der Waals surface area contributed by atoms with Crippen molar-refractivity contribution in [3.63, 3.8) is 0 Å². The Morgan fingerprint density at radius 1 is 1.37 bits per heavy atom. The average molecular weight is 427 g/mol. The van der Waals surface area contributed by atoms with E-state index in [0.717, 1.165) is 37.0 Å². The van der Waals surface area contributed by atoms with E-state index in [4.69, 9.17) is 7.98 Å². The van der Waals surface area contributed by atoms with Crippen LogP contribution in [0.25, 0.3) is 5.76 Å². The molecule has 2 N–H and O–H groups in total. The molecule has 1 saturated heterocycles. The molecule has 158 valence electrons. The van der Waals surface area contributed by atoms with E-state index < -0.39 is 0 Å². The zero-order valence-electron chi connectivity index (χ0n) is 17.4. The quantitative estimate of drug-likeness (QED) is 0.292. The highest BCUT2D eigenvalue weighted by Crippen LogP contribution is 2.64. The summed E-state index contributed by atoms with van der Waals surface area (Å²) in [6, 6.07) is 7.04. The van der Waals surface area contributed by atoms with Gasteiger partial charge < -0.3 is 19.8 Å². The Balaban J connectivity index is 1.23. The first-order chi connectivity index (χ1) is 14.4. The average Bonchev–Trinajstić information content (AvgIpc) is 3.09. The molecule has 2 atom stereocenters. The highest BCUT2D eigenvalue weighted by Gasteiger charge is 2.57. The predicted molar refractivity (Wildman–Crippen MR) is 118 cm³/mol. The molecular formula is C21H27BFN5OS. The van der Waals surface area contributed by atoms with Gasteiger partial charge in [0.1, 0.15) is 5.82 Å². The topological polar surface area (TPSA) is 66.2 Å². The molecule has 9 heteroatoms. The van der Waals surface area contributed by atoms with Gasteiger partial charge in [0.25, 0.3) is 0 Å². The summed E-state index contributed by atoms with van der Waals surface area (Å²) in [5.74, 6) is 1.76. The van der Waals surface area contributed by atoms with Crippen molar-refractivity contribution in [2.75, 3.05) is 25.4 Å². The monoisotopic (exact) mass is 427 g/mol. The standard InChI is InChI=1S/C21H27BFN5OS/c1-14(24-22)18(29)19-25-26-20(27(19)2)30-11-3-9-28-10-8-21(13-28)12-17(21)15-4-6-16(23)7-5-15/h4-7,17,24,29H,3,8-13H2,1-2H3/b18-14-/t17-,21+/m0/s1. The number of hydrogen-bond acceptors (Lipinski definition) is 6. The molecule has 4 rings (SSSR count). The summed E-state index contributed by atoms with van der Waals surface area (Å²) in [7, 11) is 7.18. The molecule has 30 heavy (non-hydrogen) atoms. The molecule has 1 aliphatic carbocycles. The van der Waals surface area contributed by atoms with Crippen molar-refractivity contribution in [2.24, 2.45) is 12.5 Å². The van der Waals surface area contributed by atoms with Crippen LogP contribution in [0.3, 0.4) is 0 Å². The number of hydrogen-bond donors (Lipinski definition) is 2. The number of halogens is 1. The van der Waals surface area contributed by atoms with E-state index in [2.05, 4.69) is 20.3 Å². The van der Waals surface area contributed by atoms with E-state index in [9.17, 15) is 9.50 Å². The van der Waals surface area contributed by atoms with Gasteiger partial charge in [0.2, 0.25) is 13.8 Å². The normalized spacial score (nSPS) is 24.3. The van der Waals surface area contributed by atoms with Crippen molar-refractivity contribution in [1.29, 1.82) is 0 Å². The number of likely N-dealkylation sites (tertiary alicyclic amines) is 1. The van der Waals surface area contributed by atoms with Gasteiger partial charge in [-0.2, -0.15) is 0 Å². The number of allylic oxidation sites excluding steroid dienone is 1. The SMILES string of the molecule is [B]N/C(C)=C(\O)c1nnc(SCCCN2CC[C@@]3(C[C@H]3c3ccc(F)cc3)C2)n1C. The number of thioether (sulfide) groups is 1. The Morgan fingerprint density at radius 2 is 2.13 bits per heavy atom. The van der Waals surface area contributed by atoms with E-state index in [1.54, 1.807) is 35.4 Å². The molecule has 2 radical (unpaired) electrons. The maximum Gasteiger partial charge on any atom is 0.222 e. The molecule has 2 fully saturated rings. The number of aliphatic hydroxyl groups is 1. The number of aromatic nitrogens is 3. The molecule has 2 aromatic rings. The van der Waals surface area contributed by atoms with E-state index in [1.165, 1.54) is 18.4 Å². The zero-order chi connectivity index (χ0) is 21.3. The van der Waals surface area contributed by atoms with Crippen LogP contribution in [0.4, 0.5) is 4.39 Å².